The number of aromatic nitrogens is 1. The first-order chi connectivity index (χ1) is 9.84. The number of halogens is 3. The number of amides is 1. The molecular weight excluding hydrogens is 283 g/mol. The summed E-state index contributed by atoms with van der Waals surface area (Å²) in [5.74, 6) is -0.0201. The zero-order valence-electron chi connectivity index (χ0n) is 11.7. The predicted octanol–water partition coefficient (Wildman–Crippen LogP) is 2.30. The lowest BCUT2D eigenvalue weighted by Crippen LogP contribution is -2.51. The van der Waals surface area contributed by atoms with Gasteiger partial charge in [0.1, 0.15) is 5.69 Å². The summed E-state index contributed by atoms with van der Waals surface area (Å²) >= 11 is 0. The molecule has 0 aromatic carbocycles. The van der Waals surface area contributed by atoms with E-state index in [1.165, 1.54) is 6.07 Å². The number of piperidine rings is 1. The number of rotatable bonds is 2. The molecule has 0 saturated carbocycles. The van der Waals surface area contributed by atoms with Crippen molar-refractivity contribution in [2.24, 2.45) is 11.7 Å². The van der Waals surface area contributed by atoms with Crippen molar-refractivity contribution in [1.29, 1.82) is 0 Å². The summed E-state index contributed by atoms with van der Waals surface area (Å²) in [7, 11) is 0. The number of hydrogen-bond donors (Lipinski definition) is 1. The highest BCUT2D eigenvalue weighted by atomic mass is 19.4. The third-order valence-corrected chi connectivity index (χ3v) is 3.92. The Morgan fingerprint density at radius 1 is 1.48 bits per heavy atom. The van der Waals surface area contributed by atoms with Crippen LogP contribution in [0.5, 0.6) is 0 Å². The maximum Gasteiger partial charge on any atom is 0.433 e. The first-order valence-corrected chi connectivity index (χ1v) is 6.89. The van der Waals surface area contributed by atoms with Gasteiger partial charge in [-0.3, -0.25) is 9.78 Å². The highest BCUT2D eigenvalue weighted by Crippen LogP contribution is 2.28. The van der Waals surface area contributed by atoms with Crippen molar-refractivity contribution in [3.05, 3.63) is 29.6 Å². The van der Waals surface area contributed by atoms with Crippen molar-refractivity contribution < 1.29 is 18.0 Å². The number of likely N-dealkylation sites (tertiary alicyclic amines) is 1. The second kappa shape index (κ2) is 6.01. The van der Waals surface area contributed by atoms with Crippen LogP contribution in [0.1, 0.15) is 35.8 Å². The molecule has 4 nitrogen and oxygen atoms in total. The Morgan fingerprint density at radius 3 is 2.71 bits per heavy atom. The fraction of sp³-hybridized carbons (Fsp3) is 0.571. The molecule has 2 unspecified atom stereocenters. The lowest BCUT2D eigenvalue weighted by molar-refractivity contribution is -0.141. The molecule has 2 heterocycles. The predicted molar refractivity (Wildman–Crippen MR) is 71.5 cm³/mol. The normalized spacial score (nSPS) is 23.2. The van der Waals surface area contributed by atoms with Crippen molar-refractivity contribution >= 4 is 5.91 Å². The average molecular weight is 301 g/mol. The topological polar surface area (TPSA) is 59.2 Å². The van der Waals surface area contributed by atoms with Gasteiger partial charge < -0.3 is 10.6 Å². The Morgan fingerprint density at radius 2 is 2.19 bits per heavy atom. The largest absolute Gasteiger partial charge is 0.433 e. The van der Waals surface area contributed by atoms with E-state index < -0.39 is 11.9 Å². The van der Waals surface area contributed by atoms with E-state index in [1.807, 2.05) is 6.92 Å². The molecule has 1 amide bonds. The number of alkyl halides is 3. The minimum absolute atomic E-state index is 0.0754. The highest BCUT2D eigenvalue weighted by molar-refractivity contribution is 5.94. The van der Waals surface area contributed by atoms with Gasteiger partial charge >= 0.3 is 6.18 Å². The molecule has 1 aromatic heterocycles. The fourth-order valence-corrected chi connectivity index (χ4v) is 2.71. The molecule has 7 heteroatoms. The number of nitrogens with zero attached hydrogens (tertiary/aromatic N) is 2. The standard InChI is InChI=1S/C14H18F3N3O/c1-9-3-2-6-20(11(9)7-18)13(21)10-4-5-12(19-8-10)14(15,16)17/h4-5,8-9,11H,2-3,6-7,18H2,1H3. The Balaban J connectivity index is 2.19. The Labute approximate surface area is 121 Å². The van der Waals surface area contributed by atoms with Crippen molar-refractivity contribution in [3.8, 4) is 0 Å². The molecule has 1 saturated heterocycles. The number of carbonyl (C=O) groups excluding carboxylic acids is 1. The Bertz CT molecular complexity index is 501. The Kier molecular flexibility index (Phi) is 4.51. The van der Waals surface area contributed by atoms with Crippen LogP contribution in [0.3, 0.4) is 0 Å². The van der Waals surface area contributed by atoms with Crippen LogP contribution in [-0.2, 0) is 6.18 Å². The second-order valence-electron chi connectivity index (χ2n) is 5.35. The highest BCUT2D eigenvalue weighted by Gasteiger charge is 2.34. The molecule has 1 aromatic rings. The molecule has 0 radical (unpaired) electrons. The number of carbonyl (C=O) groups is 1. The summed E-state index contributed by atoms with van der Waals surface area (Å²) in [4.78, 5) is 17.4. The van der Waals surface area contributed by atoms with E-state index in [4.69, 9.17) is 5.73 Å². The van der Waals surface area contributed by atoms with Crippen LogP contribution in [0, 0.1) is 5.92 Å². The van der Waals surface area contributed by atoms with Gasteiger partial charge in [0.05, 0.1) is 5.56 Å². The number of hydrogen-bond acceptors (Lipinski definition) is 3. The van der Waals surface area contributed by atoms with Crippen LogP contribution in [0.4, 0.5) is 13.2 Å². The first kappa shape index (κ1) is 15.8. The smallest absolute Gasteiger partial charge is 0.334 e. The van der Waals surface area contributed by atoms with Gasteiger partial charge in [0.2, 0.25) is 0 Å². The minimum atomic E-state index is -4.50. The number of pyridine rings is 1. The summed E-state index contributed by atoms with van der Waals surface area (Å²) < 4.78 is 37.4. The molecular formula is C14H18F3N3O. The third-order valence-electron chi connectivity index (χ3n) is 3.92. The summed E-state index contributed by atoms with van der Waals surface area (Å²) in [6.07, 6.45) is -1.65. The summed E-state index contributed by atoms with van der Waals surface area (Å²) in [6, 6.07) is 1.93. The zero-order chi connectivity index (χ0) is 15.6. The lowest BCUT2D eigenvalue weighted by Gasteiger charge is -2.39. The Hall–Kier alpha value is -1.63. The summed E-state index contributed by atoms with van der Waals surface area (Å²) in [5.41, 5.74) is 4.89. The fourth-order valence-electron chi connectivity index (χ4n) is 2.71. The van der Waals surface area contributed by atoms with Crippen LogP contribution in [0.2, 0.25) is 0 Å². The quantitative estimate of drug-likeness (QED) is 0.912. The van der Waals surface area contributed by atoms with E-state index in [2.05, 4.69) is 4.98 Å². The van der Waals surface area contributed by atoms with Gasteiger partial charge in [0, 0.05) is 25.3 Å². The van der Waals surface area contributed by atoms with Crippen LogP contribution in [0.25, 0.3) is 0 Å². The van der Waals surface area contributed by atoms with Gasteiger partial charge in [-0.05, 0) is 30.9 Å². The molecule has 0 spiro atoms. The van der Waals surface area contributed by atoms with E-state index in [-0.39, 0.29) is 23.4 Å². The van der Waals surface area contributed by atoms with Crippen molar-refractivity contribution in [2.75, 3.05) is 13.1 Å². The zero-order valence-corrected chi connectivity index (χ0v) is 11.7. The lowest BCUT2D eigenvalue weighted by atomic mass is 9.90. The maximum absolute atomic E-state index is 12.5. The third kappa shape index (κ3) is 3.34. The van der Waals surface area contributed by atoms with Crippen LogP contribution >= 0.6 is 0 Å². The van der Waals surface area contributed by atoms with E-state index in [9.17, 15) is 18.0 Å². The monoisotopic (exact) mass is 301 g/mol. The van der Waals surface area contributed by atoms with Crippen molar-refractivity contribution in [3.63, 3.8) is 0 Å². The van der Waals surface area contributed by atoms with Crippen molar-refractivity contribution in [2.45, 2.75) is 32.0 Å². The van der Waals surface area contributed by atoms with Gasteiger partial charge in [-0.25, -0.2) is 0 Å². The number of nitrogens with two attached hydrogens (primary N) is 1. The van der Waals surface area contributed by atoms with Gasteiger partial charge in [0.25, 0.3) is 5.91 Å². The van der Waals surface area contributed by atoms with Gasteiger partial charge in [-0.15, -0.1) is 0 Å². The molecule has 0 bridgehead atoms. The van der Waals surface area contributed by atoms with E-state index in [0.717, 1.165) is 25.1 Å². The molecule has 0 aliphatic carbocycles. The van der Waals surface area contributed by atoms with Gasteiger partial charge in [0.15, 0.2) is 0 Å². The molecule has 1 aliphatic heterocycles. The molecule has 21 heavy (non-hydrogen) atoms. The van der Waals surface area contributed by atoms with E-state index >= 15 is 0 Å². The van der Waals surface area contributed by atoms with E-state index in [1.54, 1.807) is 4.90 Å². The molecule has 1 aliphatic rings. The average Bonchev–Trinajstić information content (AvgIpc) is 2.45. The molecule has 116 valence electrons. The molecule has 2 atom stereocenters. The van der Waals surface area contributed by atoms with Gasteiger partial charge in [-0.1, -0.05) is 6.92 Å². The minimum Gasteiger partial charge on any atom is -0.334 e. The SMILES string of the molecule is CC1CCCN(C(=O)c2ccc(C(F)(F)F)nc2)C1CN. The first-order valence-electron chi connectivity index (χ1n) is 6.89. The molecule has 2 N–H and O–H groups in total. The molecule has 1 fully saturated rings. The van der Waals surface area contributed by atoms with E-state index in [0.29, 0.717) is 13.1 Å². The van der Waals surface area contributed by atoms with Crippen LogP contribution in [0.15, 0.2) is 18.3 Å². The van der Waals surface area contributed by atoms with Gasteiger partial charge in [-0.2, -0.15) is 13.2 Å². The van der Waals surface area contributed by atoms with Crippen LogP contribution in [-0.4, -0.2) is 34.9 Å². The maximum atomic E-state index is 12.5. The summed E-state index contributed by atoms with van der Waals surface area (Å²) in [5, 5.41) is 0. The molecule has 2 rings (SSSR count). The summed E-state index contributed by atoms with van der Waals surface area (Å²) in [6.45, 7) is 2.95. The van der Waals surface area contributed by atoms with Crippen LogP contribution < -0.4 is 5.73 Å². The second-order valence-corrected chi connectivity index (χ2v) is 5.35. The van der Waals surface area contributed by atoms with Crippen molar-refractivity contribution in [1.82, 2.24) is 9.88 Å².